The third-order valence-electron chi connectivity index (χ3n) is 3.54. The lowest BCUT2D eigenvalue weighted by Crippen LogP contribution is -2.57. The number of esters is 1. The molecule has 0 saturated heterocycles. The monoisotopic (exact) mass is 286 g/mol. The normalized spacial score (nSPS) is 11.6. The molecular formula is C17H22N2O2. The smallest absolute Gasteiger partial charge is 0.340 e. The lowest BCUT2D eigenvalue weighted by Gasteiger charge is -2.22. The second-order valence-corrected chi connectivity index (χ2v) is 5.45. The predicted octanol–water partition coefficient (Wildman–Crippen LogP) is 2.26. The number of nitrogens with two attached hydrogens (primary N) is 2. The Kier molecular flexibility index (Phi) is 4.60. The van der Waals surface area contributed by atoms with Gasteiger partial charge in [0, 0.05) is 0 Å². The summed E-state index contributed by atoms with van der Waals surface area (Å²) in [6, 6.07) is 12.6. The van der Waals surface area contributed by atoms with Crippen LogP contribution in [0.2, 0.25) is 0 Å². The molecule has 112 valence electrons. The van der Waals surface area contributed by atoms with Crippen LogP contribution in [-0.4, -0.2) is 18.2 Å². The summed E-state index contributed by atoms with van der Waals surface area (Å²) in [7, 11) is 0. The first kappa shape index (κ1) is 15.5. The zero-order chi connectivity index (χ0) is 15.5. The summed E-state index contributed by atoms with van der Waals surface area (Å²) in [6.45, 7) is 4.08. The van der Waals surface area contributed by atoms with Crippen molar-refractivity contribution in [3.63, 3.8) is 0 Å². The van der Waals surface area contributed by atoms with Crippen molar-refractivity contribution in [2.75, 3.05) is 6.61 Å². The molecule has 0 fully saturated rings. The molecule has 2 aromatic carbocycles. The van der Waals surface area contributed by atoms with Crippen molar-refractivity contribution in [3.05, 3.63) is 47.5 Å². The van der Waals surface area contributed by atoms with E-state index in [1.807, 2.05) is 6.07 Å². The maximum Gasteiger partial charge on any atom is 0.340 e. The summed E-state index contributed by atoms with van der Waals surface area (Å²) >= 11 is 0. The zero-order valence-corrected chi connectivity index (χ0v) is 12.6. The minimum atomic E-state index is -1.43. The van der Waals surface area contributed by atoms with Crippen LogP contribution in [0.15, 0.2) is 36.4 Å². The molecule has 0 aliphatic carbocycles. The standard InChI is InChI=1S/C17H22N2O2/c1-3-21-16(20)17(18,19)9-8-13-5-7-14-6-4-12(2)10-15(14)11-13/h4-7,10-11H,3,8-9,18-19H2,1-2H3. The summed E-state index contributed by atoms with van der Waals surface area (Å²) < 4.78 is 4.89. The van der Waals surface area contributed by atoms with Gasteiger partial charge in [0.05, 0.1) is 6.61 Å². The predicted molar refractivity (Wildman–Crippen MR) is 84.7 cm³/mol. The Balaban J connectivity index is 2.11. The molecule has 21 heavy (non-hydrogen) atoms. The molecule has 4 heteroatoms. The average Bonchev–Trinajstić information content (AvgIpc) is 2.45. The van der Waals surface area contributed by atoms with Crippen LogP contribution >= 0.6 is 0 Å². The van der Waals surface area contributed by atoms with Gasteiger partial charge in [-0.2, -0.15) is 0 Å². The summed E-state index contributed by atoms with van der Waals surface area (Å²) in [6.07, 6.45) is 0.985. The van der Waals surface area contributed by atoms with E-state index in [4.69, 9.17) is 16.2 Å². The average molecular weight is 286 g/mol. The highest BCUT2D eigenvalue weighted by atomic mass is 16.5. The van der Waals surface area contributed by atoms with Crippen LogP contribution in [0.4, 0.5) is 0 Å². The van der Waals surface area contributed by atoms with Crippen LogP contribution in [0.5, 0.6) is 0 Å². The topological polar surface area (TPSA) is 78.3 Å². The molecule has 0 aliphatic rings. The van der Waals surface area contributed by atoms with Gasteiger partial charge in [-0.1, -0.05) is 42.0 Å². The van der Waals surface area contributed by atoms with E-state index in [9.17, 15) is 4.79 Å². The van der Waals surface area contributed by atoms with Gasteiger partial charge in [-0.3, -0.25) is 0 Å². The van der Waals surface area contributed by atoms with Crippen LogP contribution < -0.4 is 11.5 Å². The quantitative estimate of drug-likeness (QED) is 0.653. The molecule has 0 unspecified atom stereocenters. The van der Waals surface area contributed by atoms with Gasteiger partial charge in [0.15, 0.2) is 5.66 Å². The summed E-state index contributed by atoms with van der Waals surface area (Å²) in [5, 5.41) is 2.38. The Morgan fingerprint density at radius 2 is 1.86 bits per heavy atom. The maximum absolute atomic E-state index is 11.7. The summed E-state index contributed by atoms with van der Waals surface area (Å²) in [4.78, 5) is 11.7. The van der Waals surface area contributed by atoms with Gasteiger partial charge in [0.25, 0.3) is 0 Å². The van der Waals surface area contributed by atoms with E-state index in [-0.39, 0.29) is 6.61 Å². The number of benzene rings is 2. The number of ether oxygens (including phenoxy) is 1. The van der Waals surface area contributed by atoms with Crippen molar-refractivity contribution >= 4 is 16.7 Å². The van der Waals surface area contributed by atoms with Crippen LogP contribution in [0, 0.1) is 6.92 Å². The van der Waals surface area contributed by atoms with E-state index in [1.54, 1.807) is 6.92 Å². The molecule has 2 rings (SSSR count). The van der Waals surface area contributed by atoms with E-state index < -0.39 is 11.6 Å². The number of carbonyl (C=O) groups is 1. The fourth-order valence-corrected chi connectivity index (χ4v) is 2.29. The van der Waals surface area contributed by atoms with Gasteiger partial charge in [-0.05, 0) is 43.0 Å². The number of hydrogen-bond acceptors (Lipinski definition) is 4. The Morgan fingerprint density at radius 1 is 1.14 bits per heavy atom. The minimum Gasteiger partial charge on any atom is -0.464 e. The first-order chi connectivity index (χ1) is 9.92. The highest BCUT2D eigenvalue weighted by molar-refractivity contribution is 5.84. The molecule has 0 amide bonds. The van der Waals surface area contributed by atoms with Gasteiger partial charge in [0.1, 0.15) is 0 Å². The molecular weight excluding hydrogens is 264 g/mol. The van der Waals surface area contributed by atoms with Crippen molar-refractivity contribution < 1.29 is 9.53 Å². The molecule has 0 aliphatic heterocycles. The van der Waals surface area contributed by atoms with Crippen molar-refractivity contribution in [3.8, 4) is 0 Å². The van der Waals surface area contributed by atoms with Gasteiger partial charge < -0.3 is 16.2 Å². The first-order valence-corrected chi connectivity index (χ1v) is 7.16. The van der Waals surface area contributed by atoms with Crippen LogP contribution in [0.25, 0.3) is 10.8 Å². The maximum atomic E-state index is 11.7. The number of fused-ring (bicyclic) bond motifs is 1. The molecule has 0 spiro atoms. The highest BCUT2D eigenvalue weighted by Gasteiger charge is 2.30. The Hall–Kier alpha value is -1.91. The molecule has 0 heterocycles. The van der Waals surface area contributed by atoms with Crippen molar-refractivity contribution in [2.24, 2.45) is 11.5 Å². The fraction of sp³-hybridized carbons (Fsp3) is 0.353. The van der Waals surface area contributed by atoms with E-state index in [0.717, 1.165) is 5.56 Å². The number of hydrogen-bond donors (Lipinski definition) is 2. The molecule has 0 radical (unpaired) electrons. The lowest BCUT2D eigenvalue weighted by molar-refractivity contribution is -0.149. The number of rotatable bonds is 5. The third kappa shape index (κ3) is 3.80. The molecule has 4 nitrogen and oxygen atoms in total. The Bertz CT molecular complexity index is 650. The number of carbonyl (C=O) groups excluding carboxylic acids is 1. The molecule has 0 aromatic heterocycles. The van der Waals surface area contributed by atoms with E-state index in [1.165, 1.54) is 16.3 Å². The van der Waals surface area contributed by atoms with E-state index >= 15 is 0 Å². The largest absolute Gasteiger partial charge is 0.464 e. The van der Waals surface area contributed by atoms with Gasteiger partial charge in [-0.15, -0.1) is 0 Å². The van der Waals surface area contributed by atoms with Crippen molar-refractivity contribution in [2.45, 2.75) is 32.4 Å². The first-order valence-electron chi connectivity index (χ1n) is 7.16. The van der Waals surface area contributed by atoms with Gasteiger partial charge >= 0.3 is 5.97 Å². The van der Waals surface area contributed by atoms with Crippen molar-refractivity contribution in [1.29, 1.82) is 0 Å². The molecule has 0 bridgehead atoms. The summed E-state index contributed by atoms with van der Waals surface area (Å²) in [5.41, 5.74) is 12.6. The fourth-order valence-electron chi connectivity index (χ4n) is 2.29. The SMILES string of the molecule is CCOC(=O)C(N)(N)CCc1ccc2ccc(C)cc2c1. The minimum absolute atomic E-state index is 0.282. The zero-order valence-electron chi connectivity index (χ0n) is 12.6. The molecule has 4 N–H and O–H groups in total. The second kappa shape index (κ2) is 6.24. The van der Waals surface area contributed by atoms with E-state index in [2.05, 4.69) is 37.3 Å². The second-order valence-electron chi connectivity index (χ2n) is 5.45. The molecule has 0 atom stereocenters. The van der Waals surface area contributed by atoms with Crippen LogP contribution in [-0.2, 0) is 16.0 Å². The highest BCUT2D eigenvalue weighted by Crippen LogP contribution is 2.19. The molecule has 0 saturated carbocycles. The van der Waals surface area contributed by atoms with Gasteiger partial charge in [0.2, 0.25) is 0 Å². The van der Waals surface area contributed by atoms with Crippen molar-refractivity contribution in [1.82, 2.24) is 0 Å². The Labute approximate surface area is 125 Å². The third-order valence-corrected chi connectivity index (χ3v) is 3.54. The summed E-state index contributed by atoms with van der Waals surface area (Å²) in [5.74, 6) is -0.554. The van der Waals surface area contributed by atoms with Crippen LogP contribution in [0.3, 0.4) is 0 Å². The molecule has 2 aromatic rings. The number of aryl methyl sites for hydroxylation is 2. The Morgan fingerprint density at radius 3 is 2.57 bits per heavy atom. The van der Waals surface area contributed by atoms with Gasteiger partial charge in [-0.25, -0.2) is 4.79 Å². The lowest BCUT2D eigenvalue weighted by atomic mass is 9.98. The van der Waals surface area contributed by atoms with E-state index in [0.29, 0.717) is 12.8 Å². The van der Waals surface area contributed by atoms with Crippen LogP contribution in [0.1, 0.15) is 24.5 Å².